The minimum atomic E-state index is -0.219. The zero-order chi connectivity index (χ0) is 14.1. The Hall–Kier alpha value is -1.40. The highest BCUT2D eigenvalue weighted by Gasteiger charge is 2.47. The number of benzene rings is 1. The standard InChI is InChI=1S/C17H20FNO/c18-15-5-3-14(4-6-15)16(9-11-19)10-12-20-17(13-16)7-1-2-8-17/h3-6H,1-2,7-10,12-13H2/t16-/m0/s1. The van der Waals surface area contributed by atoms with Crippen LogP contribution in [0, 0.1) is 17.1 Å². The first kappa shape index (κ1) is 13.6. The van der Waals surface area contributed by atoms with Gasteiger partial charge in [0.1, 0.15) is 5.82 Å². The van der Waals surface area contributed by atoms with E-state index in [1.54, 1.807) is 0 Å². The van der Waals surface area contributed by atoms with Gasteiger partial charge in [-0.15, -0.1) is 0 Å². The molecular formula is C17H20FNO. The molecule has 0 bridgehead atoms. The third kappa shape index (κ3) is 2.33. The van der Waals surface area contributed by atoms with Crippen molar-refractivity contribution < 1.29 is 9.13 Å². The molecule has 2 fully saturated rings. The summed E-state index contributed by atoms with van der Waals surface area (Å²) in [5, 5.41) is 9.27. The van der Waals surface area contributed by atoms with Gasteiger partial charge in [-0.1, -0.05) is 25.0 Å². The van der Waals surface area contributed by atoms with Gasteiger partial charge in [0.05, 0.1) is 11.7 Å². The van der Waals surface area contributed by atoms with Crippen molar-refractivity contribution in [2.45, 2.75) is 56.0 Å². The molecule has 1 saturated heterocycles. The van der Waals surface area contributed by atoms with Crippen molar-refractivity contribution in [3.63, 3.8) is 0 Å². The van der Waals surface area contributed by atoms with E-state index < -0.39 is 0 Å². The van der Waals surface area contributed by atoms with Crippen LogP contribution in [-0.2, 0) is 10.2 Å². The molecule has 1 aromatic rings. The fourth-order valence-electron chi connectivity index (χ4n) is 4.01. The number of hydrogen-bond acceptors (Lipinski definition) is 2. The van der Waals surface area contributed by atoms with E-state index in [0.29, 0.717) is 13.0 Å². The lowest BCUT2D eigenvalue weighted by molar-refractivity contribution is -0.101. The zero-order valence-corrected chi connectivity index (χ0v) is 11.7. The van der Waals surface area contributed by atoms with Crippen LogP contribution >= 0.6 is 0 Å². The molecule has 3 rings (SSSR count). The number of hydrogen-bond donors (Lipinski definition) is 0. The molecule has 1 aliphatic heterocycles. The van der Waals surface area contributed by atoms with E-state index in [0.717, 1.165) is 31.2 Å². The van der Waals surface area contributed by atoms with Crippen molar-refractivity contribution in [3.8, 4) is 6.07 Å². The maximum absolute atomic E-state index is 13.2. The summed E-state index contributed by atoms with van der Waals surface area (Å²) < 4.78 is 19.3. The summed E-state index contributed by atoms with van der Waals surface area (Å²) in [6.07, 6.45) is 6.87. The summed E-state index contributed by atoms with van der Waals surface area (Å²) in [6.45, 7) is 0.707. The molecule has 1 saturated carbocycles. The van der Waals surface area contributed by atoms with E-state index in [9.17, 15) is 9.65 Å². The second-order valence-electron chi connectivity index (χ2n) is 6.29. The molecule has 1 heterocycles. The Labute approximate surface area is 119 Å². The first-order valence-electron chi connectivity index (χ1n) is 7.45. The van der Waals surface area contributed by atoms with Gasteiger partial charge < -0.3 is 4.74 Å². The molecule has 0 unspecified atom stereocenters. The minimum absolute atomic E-state index is 0.0382. The van der Waals surface area contributed by atoms with Crippen LogP contribution in [0.3, 0.4) is 0 Å². The molecular weight excluding hydrogens is 253 g/mol. The summed E-state index contributed by atoms with van der Waals surface area (Å²) in [5.74, 6) is -0.219. The summed E-state index contributed by atoms with van der Waals surface area (Å²) in [6, 6.07) is 9.05. The Balaban J connectivity index is 1.95. The van der Waals surface area contributed by atoms with Gasteiger partial charge in [0.25, 0.3) is 0 Å². The van der Waals surface area contributed by atoms with Gasteiger partial charge in [-0.25, -0.2) is 4.39 Å². The van der Waals surface area contributed by atoms with Crippen molar-refractivity contribution >= 4 is 0 Å². The Bertz CT molecular complexity index is 513. The first-order chi connectivity index (χ1) is 9.68. The topological polar surface area (TPSA) is 33.0 Å². The predicted octanol–water partition coefficient (Wildman–Crippen LogP) is 4.10. The lowest BCUT2D eigenvalue weighted by atomic mass is 9.66. The highest BCUT2D eigenvalue weighted by molar-refractivity contribution is 5.29. The molecule has 0 amide bonds. The Kier molecular flexibility index (Phi) is 3.52. The normalized spacial score (nSPS) is 28.4. The Morgan fingerprint density at radius 1 is 1.15 bits per heavy atom. The van der Waals surface area contributed by atoms with Gasteiger partial charge >= 0.3 is 0 Å². The SMILES string of the molecule is N#CC[C@]1(c2ccc(F)cc2)CCOC2(CCCC2)C1. The summed E-state index contributed by atoms with van der Waals surface area (Å²) >= 11 is 0. The second-order valence-corrected chi connectivity index (χ2v) is 6.29. The number of nitriles is 1. The van der Waals surface area contributed by atoms with E-state index >= 15 is 0 Å². The molecule has 2 nitrogen and oxygen atoms in total. The highest BCUT2D eigenvalue weighted by Crippen LogP contribution is 2.49. The molecule has 1 aliphatic carbocycles. The van der Waals surface area contributed by atoms with Gasteiger partial charge in [-0.3, -0.25) is 0 Å². The third-order valence-corrected chi connectivity index (χ3v) is 5.04. The van der Waals surface area contributed by atoms with E-state index in [-0.39, 0.29) is 16.8 Å². The van der Waals surface area contributed by atoms with Gasteiger partial charge in [-0.05, 0) is 43.4 Å². The van der Waals surface area contributed by atoms with E-state index in [1.165, 1.54) is 25.0 Å². The fraction of sp³-hybridized carbons (Fsp3) is 0.588. The fourth-order valence-corrected chi connectivity index (χ4v) is 4.01. The lowest BCUT2D eigenvalue weighted by Gasteiger charge is -2.46. The molecule has 106 valence electrons. The molecule has 0 aromatic heterocycles. The molecule has 1 aromatic carbocycles. The maximum Gasteiger partial charge on any atom is 0.123 e. The first-order valence-corrected chi connectivity index (χ1v) is 7.45. The number of rotatable bonds is 2. The lowest BCUT2D eigenvalue weighted by Crippen LogP contribution is -2.45. The van der Waals surface area contributed by atoms with E-state index in [1.807, 2.05) is 12.1 Å². The largest absolute Gasteiger partial charge is 0.375 e. The molecule has 1 spiro atoms. The summed E-state index contributed by atoms with van der Waals surface area (Å²) in [4.78, 5) is 0. The Morgan fingerprint density at radius 3 is 2.50 bits per heavy atom. The maximum atomic E-state index is 13.2. The molecule has 20 heavy (non-hydrogen) atoms. The van der Waals surface area contributed by atoms with Crippen molar-refractivity contribution in [2.24, 2.45) is 0 Å². The second kappa shape index (κ2) is 5.18. The number of halogens is 1. The molecule has 3 heteroatoms. The van der Waals surface area contributed by atoms with Crippen LogP contribution in [0.4, 0.5) is 4.39 Å². The van der Waals surface area contributed by atoms with Gasteiger partial charge in [0.15, 0.2) is 0 Å². The van der Waals surface area contributed by atoms with Crippen LogP contribution in [0.2, 0.25) is 0 Å². The monoisotopic (exact) mass is 273 g/mol. The third-order valence-electron chi connectivity index (χ3n) is 5.04. The molecule has 0 N–H and O–H groups in total. The molecule has 0 radical (unpaired) electrons. The van der Waals surface area contributed by atoms with Crippen molar-refractivity contribution in [3.05, 3.63) is 35.6 Å². The number of nitrogens with zero attached hydrogens (tertiary/aromatic N) is 1. The Morgan fingerprint density at radius 2 is 1.85 bits per heavy atom. The van der Waals surface area contributed by atoms with Crippen LogP contribution in [0.15, 0.2) is 24.3 Å². The highest BCUT2D eigenvalue weighted by atomic mass is 19.1. The number of ether oxygens (including phenoxy) is 1. The average molecular weight is 273 g/mol. The van der Waals surface area contributed by atoms with Gasteiger partial charge in [-0.2, -0.15) is 5.26 Å². The molecule has 2 aliphatic rings. The van der Waals surface area contributed by atoms with E-state index in [2.05, 4.69) is 6.07 Å². The van der Waals surface area contributed by atoms with Gasteiger partial charge in [0, 0.05) is 18.4 Å². The van der Waals surface area contributed by atoms with Crippen molar-refractivity contribution in [2.75, 3.05) is 6.61 Å². The predicted molar refractivity (Wildman–Crippen MR) is 74.7 cm³/mol. The van der Waals surface area contributed by atoms with Gasteiger partial charge in [0.2, 0.25) is 0 Å². The van der Waals surface area contributed by atoms with Crippen LogP contribution in [0.5, 0.6) is 0 Å². The molecule has 1 atom stereocenters. The van der Waals surface area contributed by atoms with Crippen LogP contribution in [0.1, 0.15) is 50.5 Å². The van der Waals surface area contributed by atoms with Crippen molar-refractivity contribution in [1.29, 1.82) is 5.26 Å². The van der Waals surface area contributed by atoms with Crippen LogP contribution < -0.4 is 0 Å². The van der Waals surface area contributed by atoms with Crippen LogP contribution in [0.25, 0.3) is 0 Å². The summed E-state index contributed by atoms with van der Waals surface area (Å²) in [5.41, 5.74) is 0.893. The zero-order valence-electron chi connectivity index (χ0n) is 11.7. The van der Waals surface area contributed by atoms with E-state index in [4.69, 9.17) is 4.74 Å². The van der Waals surface area contributed by atoms with Crippen molar-refractivity contribution in [1.82, 2.24) is 0 Å². The van der Waals surface area contributed by atoms with Crippen LogP contribution in [-0.4, -0.2) is 12.2 Å². The summed E-state index contributed by atoms with van der Waals surface area (Å²) in [7, 11) is 0. The quantitative estimate of drug-likeness (QED) is 0.812. The minimum Gasteiger partial charge on any atom is -0.375 e. The smallest absolute Gasteiger partial charge is 0.123 e. The average Bonchev–Trinajstić information content (AvgIpc) is 2.87.